The predicted molar refractivity (Wildman–Crippen MR) is 191 cm³/mol. The molecule has 4 nitrogen and oxygen atoms in total. The third-order valence-corrected chi connectivity index (χ3v) is 8.32. The summed E-state index contributed by atoms with van der Waals surface area (Å²) in [6.45, 7) is 4.63. The highest BCUT2D eigenvalue weighted by Crippen LogP contribution is 2.40. The third kappa shape index (κ3) is 5.34. The Bertz CT molecular complexity index is 2050. The molecule has 218 valence electrons. The molecule has 0 aliphatic heterocycles. The first-order valence-corrected chi connectivity index (χ1v) is 15.1. The first kappa shape index (κ1) is 27.8. The Morgan fingerprint density at radius 2 is 1.13 bits per heavy atom. The van der Waals surface area contributed by atoms with Gasteiger partial charge in [-0.15, -0.1) is 0 Å². The number of rotatable bonds is 8. The van der Waals surface area contributed by atoms with Crippen LogP contribution in [0.15, 0.2) is 164 Å². The molecule has 0 amide bonds. The summed E-state index contributed by atoms with van der Waals surface area (Å²) in [5.41, 5.74) is 25.2. The van der Waals surface area contributed by atoms with E-state index < -0.39 is 0 Å². The van der Waals surface area contributed by atoms with E-state index in [2.05, 4.69) is 131 Å². The summed E-state index contributed by atoms with van der Waals surface area (Å²) in [5.74, 6) is 0. The molecule has 0 aliphatic carbocycles. The standard InChI is InChI=1S/C41H34N4/c1-29(42)36-21-11-13-23-38(36)44(28-40-41(43)37-22-12-14-24-39(37)45(40)34-19-9-4-10-20-34)35-26-32(30-15-5-2-6-16-30)25-33(27-35)31-17-7-3-8-18-31/h2-27H,1,28,42-43H2. The van der Waals surface area contributed by atoms with E-state index in [4.69, 9.17) is 11.5 Å². The molecule has 0 fully saturated rings. The van der Waals surface area contributed by atoms with Crippen molar-refractivity contribution in [3.8, 4) is 27.9 Å². The zero-order valence-electron chi connectivity index (χ0n) is 25.0. The summed E-state index contributed by atoms with van der Waals surface area (Å²) in [6.07, 6.45) is 0. The Morgan fingerprint density at radius 1 is 0.600 bits per heavy atom. The monoisotopic (exact) mass is 582 g/mol. The van der Waals surface area contributed by atoms with E-state index in [-0.39, 0.29) is 0 Å². The first-order valence-electron chi connectivity index (χ1n) is 15.1. The van der Waals surface area contributed by atoms with Gasteiger partial charge in [-0.2, -0.15) is 0 Å². The highest BCUT2D eigenvalue weighted by molar-refractivity contribution is 5.96. The van der Waals surface area contributed by atoms with Crippen LogP contribution in [0.3, 0.4) is 0 Å². The van der Waals surface area contributed by atoms with Gasteiger partial charge in [-0.1, -0.05) is 122 Å². The van der Waals surface area contributed by atoms with E-state index >= 15 is 0 Å². The maximum absolute atomic E-state index is 7.03. The molecule has 1 aromatic heterocycles. The Morgan fingerprint density at radius 3 is 1.76 bits per heavy atom. The fourth-order valence-corrected chi connectivity index (χ4v) is 6.15. The van der Waals surface area contributed by atoms with Crippen LogP contribution in [0.1, 0.15) is 11.3 Å². The number of hydrogen-bond acceptors (Lipinski definition) is 3. The second-order valence-corrected chi connectivity index (χ2v) is 11.2. The second kappa shape index (κ2) is 11.9. The molecule has 6 aromatic carbocycles. The summed E-state index contributed by atoms with van der Waals surface area (Å²) in [7, 11) is 0. The van der Waals surface area contributed by atoms with Crippen molar-refractivity contribution in [2.45, 2.75) is 6.54 Å². The molecular formula is C41H34N4. The van der Waals surface area contributed by atoms with Gasteiger partial charge < -0.3 is 20.9 Å². The lowest BCUT2D eigenvalue weighted by Gasteiger charge is -2.29. The van der Waals surface area contributed by atoms with Crippen LogP contribution < -0.4 is 16.4 Å². The van der Waals surface area contributed by atoms with E-state index in [1.165, 1.54) is 0 Å². The number of nitrogens with zero attached hydrogens (tertiary/aromatic N) is 2. The smallest absolute Gasteiger partial charge is 0.0666 e. The number of nitrogen functional groups attached to an aromatic ring is 1. The maximum Gasteiger partial charge on any atom is 0.0666 e. The van der Waals surface area contributed by atoms with E-state index in [9.17, 15) is 0 Å². The van der Waals surface area contributed by atoms with Crippen LogP contribution in [-0.4, -0.2) is 4.57 Å². The molecule has 45 heavy (non-hydrogen) atoms. The van der Waals surface area contributed by atoms with Crippen molar-refractivity contribution in [2.75, 3.05) is 10.6 Å². The molecule has 0 aliphatic rings. The van der Waals surface area contributed by atoms with Crippen molar-refractivity contribution in [3.05, 3.63) is 176 Å². The van der Waals surface area contributed by atoms with Crippen molar-refractivity contribution in [1.82, 2.24) is 4.57 Å². The average molecular weight is 583 g/mol. The van der Waals surface area contributed by atoms with Gasteiger partial charge in [0.1, 0.15) is 0 Å². The van der Waals surface area contributed by atoms with Crippen LogP contribution >= 0.6 is 0 Å². The molecule has 0 spiro atoms. The molecule has 0 radical (unpaired) electrons. The number of para-hydroxylation sites is 3. The van der Waals surface area contributed by atoms with Crippen LogP contribution in [0.5, 0.6) is 0 Å². The molecule has 7 aromatic rings. The van der Waals surface area contributed by atoms with E-state index in [1.54, 1.807) is 0 Å². The number of nitrogens with two attached hydrogens (primary N) is 2. The van der Waals surface area contributed by atoms with Gasteiger partial charge in [-0.05, 0) is 64.7 Å². The number of benzene rings is 6. The predicted octanol–water partition coefficient (Wildman–Crippen LogP) is 9.81. The van der Waals surface area contributed by atoms with Gasteiger partial charge in [0.25, 0.3) is 0 Å². The first-order chi connectivity index (χ1) is 22.1. The number of hydrogen-bond donors (Lipinski definition) is 2. The van der Waals surface area contributed by atoms with Crippen molar-refractivity contribution in [3.63, 3.8) is 0 Å². The average Bonchev–Trinajstić information content (AvgIpc) is 3.38. The van der Waals surface area contributed by atoms with Gasteiger partial charge in [0.05, 0.1) is 29.1 Å². The molecule has 1 heterocycles. The zero-order valence-corrected chi connectivity index (χ0v) is 25.0. The summed E-state index contributed by atoms with van der Waals surface area (Å²) in [6, 6.07) is 54.7. The van der Waals surface area contributed by atoms with Crippen LogP contribution in [0.2, 0.25) is 0 Å². The van der Waals surface area contributed by atoms with Gasteiger partial charge in [-0.3, -0.25) is 0 Å². The van der Waals surface area contributed by atoms with Crippen LogP contribution in [-0.2, 0) is 6.54 Å². The van der Waals surface area contributed by atoms with E-state index in [0.29, 0.717) is 12.2 Å². The normalized spacial score (nSPS) is 11.0. The molecular weight excluding hydrogens is 548 g/mol. The van der Waals surface area contributed by atoms with Gasteiger partial charge in [0.15, 0.2) is 0 Å². The van der Waals surface area contributed by atoms with Crippen LogP contribution in [0, 0.1) is 0 Å². The minimum Gasteiger partial charge on any atom is -0.399 e. The Hall–Kier alpha value is -6.00. The second-order valence-electron chi connectivity index (χ2n) is 11.2. The van der Waals surface area contributed by atoms with E-state index in [1.807, 2.05) is 42.5 Å². The SMILES string of the molecule is C=C(N)c1ccccc1N(Cc1c(N)c2ccccc2n1-c1ccccc1)c1cc(-c2ccccc2)cc(-c2ccccc2)c1. The Kier molecular flexibility index (Phi) is 7.38. The van der Waals surface area contributed by atoms with Gasteiger partial charge >= 0.3 is 0 Å². The summed E-state index contributed by atoms with van der Waals surface area (Å²) >= 11 is 0. The van der Waals surface area contributed by atoms with Crippen LogP contribution in [0.25, 0.3) is 44.5 Å². The summed E-state index contributed by atoms with van der Waals surface area (Å²) < 4.78 is 2.27. The molecule has 0 unspecified atom stereocenters. The largest absolute Gasteiger partial charge is 0.399 e. The van der Waals surface area contributed by atoms with Crippen molar-refractivity contribution >= 4 is 33.7 Å². The zero-order chi connectivity index (χ0) is 30.8. The number of aromatic nitrogens is 1. The molecule has 7 rings (SSSR count). The molecule has 0 saturated carbocycles. The molecule has 4 N–H and O–H groups in total. The minimum atomic E-state index is 0.492. The Balaban J connectivity index is 1.50. The lowest BCUT2D eigenvalue weighted by atomic mass is 9.97. The summed E-state index contributed by atoms with van der Waals surface area (Å²) in [5, 5.41) is 1.02. The number of fused-ring (bicyclic) bond motifs is 1. The van der Waals surface area contributed by atoms with Crippen LogP contribution in [0.4, 0.5) is 17.1 Å². The quantitative estimate of drug-likeness (QED) is 0.187. The van der Waals surface area contributed by atoms with Gasteiger partial charge in [0, 0.05) is 28.0 Å². The molecule has 0 bridgehead atoms. The third-order valence-electron chi connectivity index (χ3n) is 8.32. The fourth-order valence-electron chi connectivity index (χ4n) is 6.15. The van der Waals surface area contributed by atoms with Crippen molar-refractivity contribution in [1.29, 1.82) is 0 Å². The molecule has 0 atom stereocenters. The molecule has 4 heteroatoms. The lowest BCUT2D eigenvalue weighted by Crippen LogP contribution is -2.21. The summed E-state index contributed by atoms with van der Waals surface area (Å²) in [4.78, 5) is 2.32. The van der Waals surface area contributed by atoms with Gasteiger partial charge in [-0.25, -0.2) is 0 Å². The molecule has 0 saturated heterocycles. The van der Waals surface area contributed by atoms with Crippen molar-refractivity contribution < 1.29 is 0 Å². The fraction of sp³-hybridized carbons (Fsp3) is 0.0244. The van der Waals surface area contributed by atoms with E-state index in [0.717, 1.165) is 67.2 Å². The minimum absolute atomic E-state index is 0.492. The topological polar surface area (TPSA) is 60.2 Å². The Labute approximate surface area is 264 Å². The van der Waals surface area contributed by atoms with Crippen molar-refractivity contribution in [2.24, 2.45) is 5.73 Å². The number of anilines is 3. The highest BCUT2D eigenvalue weighted by Gasteiger charge is 2.23. The maximum atomic E-state index is 7.03. The van der Waals surface area contributed by atoms with Gasteiger partial charge in [0.2, 0.25) is 0 Å². The highest BCUT2D eigenvalue weighted by atomic mass is 15.2. The lowest BCUT2D eigenvalue weighted by molar-refractivity contribution is 0.891.